The average molecular weight is 379 g/mol. The van der Waals surface area contributed by atoms with Gasteiger partial charge in [0.2, 0.25) is 0 Å². The Morgan fingerprint density at radius 2 is 1.82 bits per heavy atom. The van der Waals surface area contributed by atoms with E-state index in [1.165, 1.54) is 0 Å². The van der Waals surface area contributed by atoms with E-state index in [4.69, 9.17) is 28.9 Å². The molecule has 2 rings (SSSR count). The van der Waals surface area contributed by atoms with Gasteiger partial charge in [-0.15, -0.1) is 0 Å². The predicted octanol–water partition coefficient (Wildman–Crippen LogP) is 4.92. The number of nitrogen functional groups attached to an aromatic ring is 1. The van der Waals surface area contributed by atoms with Gasteiger partial charge in [0, 0.05) is 3.57 Å². The van der Waals surface area contributed by atoms with E-state index in [1.807, 2.05) is 18.2 Å². The van der Waals surface area contributed by atoms with Crippen LogP contribution in [0.4, 0.5) is 17.1 Å². The van der Waals surface area contributed by atoms with Gasteiger partial charge in [-0.2, -0.15) is 0 Å². The molecule has 0 spiro atoms. The largest absolute Gasteiger partial charge is 0.397 e. The van der Waals surface area contributed by atoms with E-state index in [0.717, 1.165) is 9.26 Å². The predicted molar refractivity (Wildman–Crippen MR) is 83.3 cm³/mol. The third-order valence-corrected chi connectivity index (χ3v) is 3.54. The lowest BCUT2D eigenvalue weighted by Gasteiger charge is -2.12. The van der Waals surface area contributed by atoms with Crippen molar-refractivity contribution >= 4 is 62.9 Å². The van der Waals surface area contributed by atoms with E-state index in [2.05, 4.69) is 27.9 Å². The maximum absolute atomic E-state index is 6.13. The van der Waals surface area contributed by atoms with E-state index in [0.29, 0.717) is 21.4 Å². The summed E-state index contributed by atoms with van der Waals surface area (Å²) in [5.74, 6) is 0. The lowest BCUT2D eigenvalue weighted by atomic mass is 10.2. The summed E-state index contributed by atoms with van der Waals surface area (Å²) in [6, 6.07) is 11.1. The van der Waals surface area contributed by atoms with Crippen molar-refractivity contribution in [3.8, 4) is 0 Å². The molecule has 0 bridgehead atoms. The molecule has 0 unspecified atom stereocenters. The minimum Gasteiger partial charge on any atom is -0.397 e. The van der Waals surface area contributed by atoms with Crippen LogP contribution in [0.1, 0.15) is 0 Å². The van der Waals surface area contributed by atoms with Crippen LogP contribution in [0.15, 0.2) is 36.4 Å². The summed E-state index contributed by atoms with van der Waals surface area (Å²) < 4.78 is 1.07. The first-order valence-electron chi connectivity index (χ1n) is 4.84. The molecule has 0 saturated heterocycles. The zero-order valence-corrected chi connectivity index (χ0v) is 12.3. The number of para-hydroxylation sites is 1. The highest BCUT2D eigenvalue weighted by Crippen LogP contribution is 2.34. The van der Waals surface area contributed by atoms with E-state index in [1.54, 1.807) is 18.2 Å². The van der Waals surface area contributed by atoms with Crippen molar-refractivity contribution in [2.75, 3.05) is 11.1 Å². The summed E-state index contributed by atoms with van der Waals surface area (Å²) >= 11 is 14.4. The molecule has 0 aromatic heterocycles. The molecule has 0 heterocycles. The van der Waals surface area contributed by atoms with E-state index < -0.39 is 0 Å². The number of hydrogen-bond acceptors (Lipinski definition) is 2. The van der Waals surface area contributed by atoms with Gasteiger partial charge in [0.15, 0.2) is 0 Å². The van der Waals surface area contributed by atoms with Crippen LogP contribution < -0.4 is 11.1 Å². The Labute approximate surface area is 123 Å². The molecule has 88 valence electrons. The second-order valence-electron chi connectivity index (χ2n) is 3.45. The maximum atomic E-state index is 6.13. The minimum absolute atomic E-state index is 0.569. The Kier molecular flexibility index (Phi) is 4.01. The third kappa shape index (κ3) is 2.97. The van der Waals surface area contributed by atoms with Crippen LogP contribution in [0.25, 0.3) is 0 Å². The second kappa shape index (κ2) is 5.33. The Balaban J connectivity index is 2.38. The summed E-state index contributed by atoms with van der Waals surface area (Å²) in [5.41, 5.74) is 7.91. The average Bonchev–Trinajstić information content (AvgIpc) is 2.26. The molecule has 0 aliphatic heterocycles. The lowest BCUT2D eigenvalue weighted by molar-refractivity contribution is 1.53. The van der Waals surface area contributed by atoms with Crippen LogP contribution in [0, 0.1) is 3.57 Å². The molecule has 3 N–H and O–H groups in total. The quantitative estimate of drug-likeness (QED) is 0.574. The standard InChI is InChI=1S/C12H9Cl2IN2/c13-8-2-1-3-10(16)12(8)17-11-5-4-7(15)6-9(11)14/h1-6,17H,16H2. The van der Waals surface area contributed by atoms with Gasteiger partial charge in [0.25, 0.3) is 0 Å². The van der Waals surface area contributed by atoms with Crippen LogP contribution in [0.3, 0.4) is 0 Å². The highest BCUT2D eigenvalue weighted by molar-refractivity contribution is 14.1. The van der Waals surface area contributed by atoms with E-state index >= 15 is 0 Å². The highest BCUT2D eigenvalue weighted by atomic mass is 127. The van der Waals surface area contributed by atoms with Crippen LogP contribution in [0.5, 0.6) is 0 Å². The molecule has 5 heteroatoms. The fraction of sp³-hybridized carbons (Fsp3) is 0. The number of benzene rings is 2. The second-order valence-corrected chi connectivity index (χ2v) is 5.51. The molecule has 17 heavy (non-hydrogen) atoms. The Bertz CT molecular complexity index is 538. The Morgan fingerprint density at radius 1 is 1.06 bits per heavy atom. The number of anilines is 3. The molecule has 0 amide bonds. The molecule has 0 saturated carbocycles. The van der Waals surface area contributed by atoms with Crippen molar-refractivity contribution in [3.63, 3.8) is 0 Å². The first-order chi connectivity index (χ1) is 8.08. The smallest absolute Gasteiger partial charge is 0.0807 e. The molecule has 0 aliphatic carbocycles. The summed E-state index contributed by atoms with van der Waals surface area (Å²) in [4.78, 5) is 0. The van der Waals surface area contributed by atoms with Crippen molar-refractivity contribution < 1.29 is 0 Å². The zero-order valence-electron chi connectivity index (χ0n) is 8.68. The maximum Gasteiger partial charge on any atom is 0.0807 e. The van der Waals surface area contributed by atoms with Crippen LogP contribution in [-0.2, 0) is 0 Å². The summed E-state index contributed by atoms with van der Waals surface area (Å²) in [6.45, 7) is 0. The first kappa shape index (κ1) is 12.8. The molecule has 0 radical (unpaired) electrons. The first-order valence-corrected chi connectivity index (χ1v) is 6.67. The monoisotopic (exact) mass is 378 g/mol. The minimum atomic E-state index is 0.569. The van der Waals surface area contributed by atoms with Gasteiger partial charge in [-0.1, -0.05) is 29.3 Å². The molecule has 2 nitrogen and oxygen atoms in total. The van der Waals surface area contributed by atoms with Gasteiger partial charge in [0.05, 0.1) is 27.1 Å². The van der Waals surface area contributed by atoms with Crippen molar-refractivity contribution in [3.05, 3.63) is 50.0 Å². The normalized spacial score (nSPS) is 10.3. The molecular formula is C12H9Cl2IN2. The highest BCUT2D eigenvalue weighted by Gasteiger charge is 2.07. The molecule has 2 aromatic carbocycles. The SMILES string of the molecule is Nc1cccc(Cl)c1Nc1ccc(I)cc1Cl. The Hall–Kier alpha value is -0.650. The van der Waals surface area contributed by atoms with Crippen LogP contribution in [0.2, 0.25) is 10.0 Å². The van der Waals surface area contributed by atoms with Gasteiger partial charge in [-0.05, 0) is 52.9 Å². The number of rotatable bonds is 2. The molecule has 0 aliphatic rings. The van der Waals surface area contributed by atoms with Gasteiger partial charge in [0.1, 0.15) is 0 Å². The summed E-state index contributed by atoms with van der Waals surface area (Å²) in [6.07, 6.45) is 0. The van der Waals surface area contributed by atoms with E-state index in [-0.39, 0.29) is 0 Å². The van der Waals surface area contributed by atoms with Gasteiger partial charge in [-0.3, -0.25) is 0 Å². The van der Waals surface area contributed by atoms with Crippen molar-refractivity contribution in [1.29, 1.82) is 0 Å². The molecule has 0 atom stereocenters. The summed E-state index contributed by atoms with van der Waals surface area (Å²) in [5, 5.41) is 4.35. The van der Waals surface area contributed by atoms with Gasteiger partial charge >= 0.3 is 0 Å². The summed E-state index contributed by atoms with van der Waals surface area (Å²) in [7, 11) is 0. The van der Waals surface area contributed by atoms with Crippen molar-refractivity contribution in [2.45, 2.75) is 0 Å². The number of nitrogens with two attached hydrogens (primary N) is 1. The number of hydrogen-bond donors (Lipinski definition) is 2. The fourth-order valence-electron chi connectivity index (χ4n) is 1.40. The third-order valence-electron chi connectivity index (χ3n) is 2.24. The van der Waals surface area contributed by atoms with Crippen LogP contribution in [-0.4, -0.2) is 0 Å². The fourth-order valence-corrected chi connectivity index (χ4v) is 2.53. The van der Waals surface area contributed by atoms with Crippen molar-refractivity contribution in [1.82, 2.24) is 0 Å². The Morgan fingerprint density at radius 3 is 2.47 bits per heavy atom. The lowest BCUT2D eigenvalue weighted by Crippen LogP contribution is -1.97. The molecule has 0 fully saturated rings. The number of halogens is 3. The van der Waals surface area contributed by atoms with E-state index in [9.17, 15) is 0 Å². The van der Waals surface area contributed by atoms with Crippen molar-refractivity contribution in [2.24, 2.45) is 0 Å². The molecule has 2 aromatic rings. The van der Waals surface area contributed by atoms with Crippen LogP contribution >= 0.6 is 45.8 Å². The topological polar surface area (TPSA) is 38.0 Å². The zero-order chi connectivity index (χ0) is 12.4. The number of nitrogens with one attached hydrogen (secondary N) is 1. The van der Waals surface area contributed by atoms with Gasteiger partial charge < -0.3 is 11.1 Å². The molecular weight excluding hydrogens is 370 g/mol. The van der Waals surface area contributed by atoms with Gasteiger partial charge in [-0.25, -0.2) is 0 Å².